The molecular weight excluding hydrogens is 378 g/mol. The first-order valence-corrected chi connectivity index (χ1v) is 10.3. The van der Waals surface area contributed by atoms with Crippen LogP contribution in [-0.2, 0) is 13.2 Å². The highest BCUT2D eigenvalue weighted by molar-refractivity contribution is 6.31. The molecule has 0 saturated heterocycles. The van der Waals surface area contributed by atoms with Gasteiger partial charge in [0.15, 0.2) is 0 Å². The van der Waals surface area contributed by atoms with Crippen molar-refractivity contribution < 1.29 is 4.74 Å². The van der Waals surface area contributed by atoms with Gasteiger partial charge in [0, 0.05) is 28.7 Å². The van der Waals surface area contributed by atoms with Gasteiger partial charge in [0.1, 0.15) is 12.4 Å². The molecule has 3 heteroatoms. The van der Waals surface area contributed by atoms with Gasteiger partial charge in [-0.25, -0.2) is 0 Å². The molecule has 0 aliphatic carbocycles. The lowest BCUT2D eigenvalue weighted by Gasteiger charge is -2.19. The Bertz CT molecular complexity index is 1090. The zero-order valence-corrected chi connectivity index (χ0v) is 17.2. The number of benzene rings is 4. The molecule has 4 aromatic carbocycles. The Morgan fingerprint density at radius 1 is 0.828 bits per heavy atom. The maximum Gasteiger partial charge on any atom is 0.124 e. The van der Waals surface area contributed by atoms with E-state index in [1.165, 1.54) is 16.3 Å². The van der Waals surface area contributed by atoms with E-state index < -0.39 is 0 Å². The van der Waals surface area contributed by atoms with E-state index in [4.69, 9.17) is 16.3 Å². The van der Waals surface area contributed by atoms with Crippen LogP contribution in [0, 0.1) is 0 Å². The van der Waals surface area contributed by atoms with Crippen LogP contribution < -0.4 is 10.1 Å². The van der Waals surface area contributed by atoms with Gasteiger partial charge in [0.25, 0.3) is 0 Å². The van der Waals surface area contributed by atoms with Crippen molar-refractivity contribution >= 4 is 22.4 Å². The first-order chi connectivity index (χ1) is 14.2. The van der Waals surface area contributed by atoms with E-state index in [1.54, 1.807) is 0 Å². The average molecular weight is 402 g/mol. The number of ether oxygens (including phenoxy) is 1. The van der Waals surface area contributed by atoms with Crippen molar-refractivity contribution in [3.05, 3.63) is 113 Å². The molecule has 1 atom stereocenters. The lowest BCUT2D eigenvalue weighted by atomic mass is 10.0. The van der Waals surface area contributed by atoms with Gasteiger partial charge >= 0.3 is 0 Å². The smallest absolute Gasteiger partial charge is 0.124 e. The van der Waals surface area contributed by atoms with E-state index in [-0.39, 0.29) is 6.04 Å². The largest absolute Gasteiger partial charge is 0.488 e. The second-order valence-corrected chi connectivity index (χ2v) is 7.56. The Balaban J connectivity index is 1.59. The summed E-state index contributed by atoms with van der Waals surface area (Å²) in [6, 6.07) is 31.1. The minimum absolute atomic E-state index is 0.242. The molecule has 0 saturated carbocycles. The highest BCUT2D eigenvalue weighted by Gasteiger charge is 2.12. The third-order valence-electron chi connectivity index (χ3n) is 5.22. The van der Waals surface area contributed by atoms with Crippen molar-refractivity contribution in [1.82, 2.24) is 5.32 Å². The summed E-state index contributed by atoms with van der Waals surface area (Å²) in [5, 5.41) is 6.79. The monoisotopic (exact) mass is 401 g/mol. The molecule has 0 heterocycles. The molecule has 146 valence electrons. The van der Waals surface area contributed by atoms with E-state index in [2.05, 4.69) is 72.9 Å². The lowest BCUT2D eigenvalue weighted by Crippen LogP contribution is -2.18. The summed E-state index contributed by atoms with van der Waals surface area (Å²) in [5.74, 6) is 0.886. The fourth-order valence-electron chi connectivity index (χ4n) is 3.52. The van der Waals surface area contributed by atoms with Gasteiger partial charge in [-0.05, 0) is 35.4 Å². The van der Waals surface area contributed by atoms with Crippen molar-refractivity contribution in [2.45, 2.75) is 26.1 Å². The number of halogens is 1. The van der Waals surface area contributed by atoms with Crippen LogP contribution in [0.2, 0.25) is 5.02 Å². The molecule has 0 aliphatic rings. The standard InChI is InChI=1S/C26H24ClNO/c1-19(20-9-3-2-4-10-20)28-17-24-23-13-7-5-11-21(23)15-16-26(24)29-18-22-12-6-8-14-25(22)27/h2-16,19,28H,17-18H2,1H3/t19-/m1/s1. The first-order valence-electron chi connectivity index (χ1n) is 9.87. The Labute approximate surface area is 177 Å². The molecule has 0 spiro atoms. The fraction of sp³-hybridized carbons (Fsp3) is 0.154. The number of fused-ring (bicyclic) bond motifs is 1. The third kappa shape index (κ3) is 4.61. The van der Waals surface area contributed by atoms with E-state index in [1.807, 2.05) is 30.3 Å². The molecule has 0 aromatic heterocycles. The summed E-state index contributed by atoms with van der Waals surface area (Å²) in [4.78, 5) is 0. The minimum atomic E-state index is 0.242. The predicted octanol–water partition coefficient (Wildman–Crippen LogP) is 6.92. The maximum absolute atomic E-state index is 6.30. The molecule has 0 amide bonds. The molecule has 0 radical (unpaired) electrons. The van der Waals surface area contributed by atoms with Gasteiger partial charge in [0.2, 0.25) is 0 Å². The van der Waals surface area contributed by atoms with E-state index >= 15 is 0 Å². The van der Waals surface area contributed by atoms with Gasteiger partial charge in [-0.3, -0.25) is 0 Å². The molecule has 0 fully saturated rings. The lowest BCUT2D eigenvalue weighted by molar-refractivity contribution is 0.302. The van der Waals surface area contributed by atoms with Gasteiger partial charge in [0.05, 0.1) is 0 Å². The summed E-state index contributed by atoms with van der Waals surface area (Å²) < 4.78 is 6.23. The Hall–Kier alpha value is -2.81. The van der Waals surface area contributed by atoms with Gasteiger partial charge in [-0.15, -0.1) is 0 Å². The van der Waals surface area contributed by atoms with Crippen molar-refractivity contribution in [3.8, 4) is 5.75 Å². The first kappa shape index (κ1) is 19.5. The minimum Gasteiger partial charge on any atom is -0.488 e. The van der Waals surface area contributed by atoms with E-state index in [0.717, 1.165) is 28.4 Å². The summed E-state index contributed by atoms with van der Waals surface area (Å²) in [7, 11) is 0. The Morgan fingerprint density at radius 2 is 1.55 bits per heavy atom. The van der Waals surface area contributed by atoms with Crippen LogP contribution in [0.25, 0.3) is 10.8 Å². The summed E-state index contributed by atoms with van der Waals surface area (Å²) in [6.45, 7) is 3.35. The van der Waals surface area contributed by atoms with Crippen LogP contribution in [-0.4, -0.2) is 0 Å². The van der Waals surface area contributed by atoms with Crippen molar-refractivity contribution in [1.29, 1.82) is 0 Å². The molecular formula is C26H24ClNO. The second-order valence-electron chi connectivity index (χ2n) is 7.16. The topological polar surface area (TPSA) is 21.3 Å². The highest BCUT2D eigenvalue weighted by Crippen LogP contribution is 2.30. The van der Waals surface area contributed by atoms with Crippen molar-refractivity contribution in [2.24, 2.45) is 0 Å². The fourth-order valence-corrected chi connectivity index (χ4v) is 3.71. The number of nitrogens with one attached hydrogen (secondary N) is 1. The van der Waals surface area contributed by atoms with Crippen LogP contribution in [0.4, 0.5) is 0 Å². The summed E-state index contributed by atoms with van der Waals surface area (Å²) in [6.07, 6.45) is 0. The van der Waals surface area contributed by atoms with Crippen LogP contribution in [0.5, 0.6) is 5.75 Å². The quantitative estimate of drug-likeness (QED) is 0.362. The number of rotatable bonds is 7. The van der Waals surface area contributed by atoms with Crippen LogP contribution >= 0.6 is 11.6 Å². The van der Waals surface area contributed by atoms with E-state index in [0.29, 0.717) is 6.61 Å². The molecule has 0 bridgehead atoms. The van der Waals surface area contributed by atoms with Crippen molar-refractivity contribution in [3.63, 3.8) is 0 Å². The molecule has 0 aliphatic heterocycles. The highest BCUT2D eigenvalue weighted by atomic mass is 35.5. The van der Waals surface area contributed by atoms with Gasteiger partial charge in [-0.2, -0.15) is 0 Å². The third-order valence-corrected chi connectivity index (χ3v) is 5.59. The Kier molecular flexibility index (Phi) is 6.14. The Morgan fingerprint density at radius 3 is 2.38 bits per heavy atom. The molecule has 4 rings (SSSR count). The summed E-state index contributed by atoms with van der Waals surface area (Å²) >= 11 is 6.30. The zero-order chi connectivity index (χ0) is 20.1. The van der Waals surface area contributed by atoms with Crippen LogP contribution in [0.1, 0.15) is 29.7 Å². The average Bonchev–Trinajstić information content (AvgIpc) is 2.77. The maximum atomic E-state index is 6.30. The van der Waals surface area contributed by atoms with Gasteiger partial charge < -0.3 is 10.1 Å². The normalized spacial score (nSPS) is 12.1. The zero-order valence-electron chi connectivity index (χ0n) is 16.4. The number of hydrogen-bond donors (Lipinski definition) is 1. The predicted molar refractivity (Wildman–Crippen MR) is 121 cm³/mol. The van der Waals surface area contributed by atoms with Crippen LogP contribution in [0.3, 0.4) is 0 Å². The molecule has 29 heavy (non-hydrogen) atoms. The molecule has 4 aromatic rings. The second kappa shape index (κ2) is 9.13. The molecule has 2 nitrogen and oxygen atoms in total. The van der Waals surface area contributed by atoms with Crippen LogP contribution in [0.15, 0.2) is 91.0 Å². The summed E-state index contributed by atoms with van der Waals surface area (Å²) in [5.41, 5.74) is 3.42. The van der Waals surface area contributed by atoms with Crippen molar-refractivity contribution in [2.75, 3.05) is 0 Å². The number of hydrogen-bond acceptors (Lipinski definition) is 2. The van der Waals surface area contributed by atoms with E-state index in [9.17, 15) is 0 Å². The van der Waals surface area contributed by atoms with Gasteiger partial charge in [-0.1, -0.05) is 90.5 Å². The SMILES string of the molecule is C[C@@H](NCc1c(OCc2ccccc2Cl)ccc2ccccc12)c1ccccc1. The molecule has 0 unspecified atom stereocenters. The molecule has 1 N–H and O–H groups in total.